The van der Waals surface area contributed by atoms with Gasteiger partial charge in [0.25, 0.3) is 0 Å². The molecule has 1 aliphatic rings. The van der Waals surface area contributed by atoms with E-state index < -0.39 is 17.9 Å². The van der Waals surface area contributed by atoms with Crippen LogP contribution in [0.25, 0.3) is 0 Å². The lowest BCUT2D eigenvalue weighted by molar-refractivity contribution is -0.145. The van der Waals surface area contributed by atoms with Crippen molar-refractivity contribution in [3.05, 3.63) is 0 Å². The molecule has 3 N–H and O–H groups in total. The first-order valence-corrected chi connectivity index (χ1v) is 4.79. The second kappa shape index (κ2) is 4.41. The number of aliphatic carboxylic acids is 1. The topological polar surface area (TPSA) is 83.6 Å². The quantitative estimate of drug-likeness (QED) is 0.638. The highest BCUT2D eigenvalue weighted by atomic mass is 16.4. The second-order valence-corrected chi connectivity index (χ2v) is 3.75. The van der Waals surface area contributed by atoms with Crippen LogP contribution in [0.1, 0.15) is 19.8 Å². The molecule has 0 spiro atoms. The third kappa shape index (κ3) is 2.45. The maximum Gasteiger partial charge on any atom is 0.308 e. The van der Waals surface area contributed by atoms with Gasteiger partial charge < -0.3 is 15.7 Å². The zero-order valence-electron chi connectivity index (χ0n) is 8.27. The number of amides is 1. The molecule has 1 heterocycles. The van der Waals surface area contributed by atoms with Gasteiger partial charge in [0.15, 0.2) is 0 Å². The van der Waals surface area contributed by atoms with E-state index in [-0.39, 0.29) is 5.91 Å². The van der Waals surface area contributed by atoms with Crippen LogP contribution in [0, 0.1) is 5.92 Å². The smallest absolute Gasteiger partial charge is 0.308 e. The molecule has 0 bridgehead atoms. The van der Waals surface area contributed by atoms with E-state index in [1.165, 1.54) is 0 Å². The molecular weight excluding hydrogens is 184 g/mol. The highest BCUT2D eigenvalue weighted by molar-refractivity contribution is 5.82. The van der Waals surface area contributed by atoms with Crippen molar-refractivity contribution in [2.24, 2.45) is 11.7 Å². The van der Waals surface area contributed by atoms with Gasteiger partial charge in [-0.05, 0) is 19.8 Å². The first-order valence-electron chi connectivity index (χ1n) is 4.79. The molecule has 14 heavy (non-hydrogen) atoms. The molecule has 2 unspecified atom stereocenters. The molecule has 0 radical (unpaired) electrons. The predicted octanol–water partition coefficient (Wildman–Crippen LogP) is -0.343. The summed E-state index contributed by atoms with van der Waals surface area (Å²) in [5.41, 5.74) is 5.45. The van der Waals surface area contributed by atoms with E-state index in [2.05, 4.69) is 0 Å². The molecular formula is C9H16N2O3. The van der Waals surface area contributed by atoms with Gasteiger partial charge in [-0.15, -0.1) is 0 Å². The van der Waals surface area contributed by atoms with Crippen LogP contribution in [0.15, 0.2) is 0 Å². The normalized spacial score (nSPS) is 24.4. The zero-order valence-corrected chi connectivity index (χ0v) is 8.27. The average molecular weight is 200 g/mol. The Bertz CT molecular complexity index is 240. The van der Waals surface area contributed by atoms with Crippen molar-refractivity contribution in [2.45, 2.75) is 25.8 Å². The lowest BCUT2D eigenvalue weighted by Gasteiger charge is -2.31. The summed E-state index contributed by atoms with van der Waals surface area (Å²) in [4.78, 5) is 23.7. The van der Waals surface area contributed by atoms with Crippen molar-refractivity contribution < 1.29 is 14.7 Å². The predicted molar refractivity (Wildman–Crippen MR) is 50.6 cm³/mol. The minimum atomic E-state index is -0.827. The Morgan fingerprint density at radius 3 is 2.71 bits per heavy atom. The molecule has 5 nitrogen and oxygen atoms in total. The van der Waals surface area contributed by atoms with Crippen LogP contribution < -0.4 is 5.73 Å². The van der Waals surface area contributed by atoms with Crippen LogP contribution in [0.2, 0.25) is 0 Å². The van der Waals surface area contributed by atoms with E-state index in [0.29, 0.717) is 19.5 Å². The summed E-state index contributed by atoms with van der Waals surface area (Å²) in [6.07, 6.45) is 1.40. The van der Waals surface area contributed by atoms with E-state index in [9.17, 15) is 9.59 Å². The van der Waals surface area contributed by atoms with Crippen LogP contribution in [0.4, 0.5) is 0 Å². The fourth-order valence-electron chi connectivity index (χ4n) is 1.67. The van der Waals surface area contributed by atoms with Crippen LogP contribution >= 0.6 is 0 Å². The third-order valence-corrected chi connectivity index (χ3v) is 2.47. The highest BCUT2D eigenvalue weighted by Gasteiger charge is 2.28. The van der Waals surface area contributed by atoms with Crippen molar-refractivity contribution in [2.75, 3.05) is 13.1 Å². The number of likely N-dealkylation sites (tertiary alicyclic amines) is 1. The number of hydrogen-bond acceptors (Lipinski definition) is 3. The molecule has 80 valence electrons. The molecule has 2 atom stereocenters. The SMILES string of the molecule is CC(N)C(=O)N1CCCC(C(=O)O)C1. The molecule has 1 aliphatic heterocycles. The minimum Gasteiger partial charge on any atom is -0.481 e. The summed E-state index contributed by atoms with van der Waals surface area (Å²) >= 11 is 0. The van der Waals surface area contributed by atoms with Gasteiger partial charge in [0.1, 0.15) is 0 Å². The maximum absolute atomic E-state index is 11.5. The number of carboxylic acids is 1. The molecule has 0 aromatic rings. The number of hydrogen-bond donors (Lipinski definition) is 2. The maximum atomic E-state index is 11.5. The van der Waals surface area contributed by atoms with E-state index >= 15 is 0 Å². The Morgan fingerprint density at radius 1 is 1.57 bits per heavy atom. The molecule has 1 saturated heterocycles. The fourth-order valence-corrected chi connectivity index (χ4v) is 1.67. The van der Waals surface area contributed by atoms with Gasteiger partial charge >= 0.3 is 5.97 Å². The van der Waals surface area contributed by atoms with Gasteiger partial charge in [-0.1, -0.05) is 0 Å². The summed E-state index contributed by atoms with van der Waals surface area (Å²) in [5.74, 6) is -1.41. The third-order valence-electron chi connectivity index (χ3n) is 2.47. The van der Waals surface area contributed by atoms with Crippen LogP contribution in [0.3, 0.4) is 0 Å². The van der Waals surface area contributed by atoms with Crippen LogP contribution in [-0.2, 0) is 9.59 Å². The van der Waals surface area contributed by atoms with Crippen molar-refractivity contribution in [1.29, 1.82) is 0 Å². The molecule has 1 amide bonds. The zero-order chi connectivity index (χ0) is 10.7. The molecule has 0 aliphatic carbocycles. The monoisotopic (exact) mass is 200 g/mol. The lowest BCUT2D eigenvalue weighted by Crippen LogP contribution is -2.48. The number of nitrogens with zero attached hydrogens (tertiary/aromatic N) is 1. The number of piperidine rings is 1. The summed E-state index contributed by atoms with van der Waals surface area (Å²) in [7, 11) is 0. The highest BCUT2D eigenvalue weighted by Crippen LogP contribution is 2.16. The average Bonchev–Trinajstić information content (AvgIpc) is 2.16. The minimum absolute atomic E-state index is 0.157. The van der Waals surface area contributed by atoms with Crippen molar-refractivity contribution in [3.63, 3.8) is 0 Å². The van der Waals surface area contributed by atoms with E-state index in [4.69, 9.17) is 10.8 Å². The van der Waals surface area contributed by atoms with Gasteiger partial charge in [0, 0.05) is 13.1 Å². The number of rotatable bonds is 2. The van der Waals surface area contributed by atoms with Crippen LogP contribution in [-0.4, -0.2) is 41.0 Å². The van der Waals surface area contributed by atoms with Crippen molar-refractivity contribution >= 4 is 11.9 Å². The summed E-state index contributed by atoms with van der Waals surface area (Å²) in [6, 6.07) is -0.539. The summed E-state index contributed by atoms with van der Waals surface area (Å²) < 4.78 is 0. The molecule has 0 aromatic carbocycles. The fraction of sp³-hybridized carbons (Fsp3) is 0.778. The Morgan fingerprint density at radius 2 is 2.21 bits per heavy atom. The number of carbonyl (C=O) groups excluding carboxylic acids is 1. The Labute approximate surface area is 82.9 Å². The molecule has 1 fully saturated rings. The molecule has 0 aromatic heterocycles. The van der Waals surface area contributed by atoms with Crippen molar-refractivity contribution in [3.8, 4) is 0 Å². The Kier molecular flexibility index (Phi) is 3.46. The first-order chi connectivity index (χ1) is 6.52. The van der Waals surface area contributed by atoms with E-state index in [1.54, 1.807) is 11.8 Å². The van der Waals surface area contributed by atoms with Gasteiger partial charge in [0.2, 0.25) is 5.91 Å². The molecule has 1 rings (SSSR count). The Balaban J connectivity index is 2.56. The van der Waals surface area contributed by atoms with Crippen LogP contribution in [0.5, 0.6) is 0 Å². The largest absolute Gasteiger partial charge is 0.481 e. The first kappa shape index (κ1) is 11.0. The van der Waals surface area contributed by atoms with Gasteiger partial charge in [-0.3, -0.25) is 9.59 Å². The van der Waals surface area contributed by atoms with E-state index in [1.807, 2.05) is 0 Å². The Hall–Kier alpha value is -1.10. The number of nitrogens with two attached hydrogens (primary N) is 1. The number of carbonyl (C=O) groups is 2. The standard InChI is InChI=1S/C9H16N2O3/c1-6(10)8(12)11-4-2-3-7(5-11)9(13)14/h6-7H,2-5,10H2,1H3,(H,13,14). The van der Waals surface area contributed by atoms with Gasteiger partial charge in [0.05, 0.1) is 12.0 Å². The lowest BCUT2D eigenvalue weighted by atomic mass is 9.98. The molecule has 0 saturated carbocycles. The summed E-state index contributed by atoms with van der Waals surface area (Å²) in [5, 5.41) is 8.81. The van der Waals surface area contributed by atoms with Gasteiger partial charge in [-0.25, -0.2) is 0 Å². The second-order valence-electron chi connectivity index (χ2n) is 3.75. The van der Waals surface area contributed by atoms with E-state index in [0.717, 1.165) is 6.42 Å². The molecule has 5 heteroatoms. The van der Waals surface area contributed by atoms with Gasteiger partial charge in [-0.2, -0.15) is 0 Å². The van der Waals surface area contributed by atoms with Crippen molar-refractivity contribution in [1.82, 2.24) is 4.90 Å². The number of carboxylic acid groups (broad SMARTS) is 1. The summed E-state index contributed by atoms with van der Waals surface area (Å²) in [6.45, 7) is 2.55.